The van der Waals surface area contributed by atoms with Gasteiger partial charge < -0.3 is 19.7 Å². The maximum atomic E-state index is 12.3. The third kappa shape index (κ3) is 5.08. The van der Waals surface area contributed by atoms with Crippen molar-refractivity contribution in [3.05, 3.63) is 54.1 Å². The lowest BCUT2D eigenvalue weighted by Crippen LogP contribution is -2.33. The van der Waals surface area contributed by atoms with Gasteiger partial charge in [-0.2, -0.15) is 5.26 Å². The Kier molecular flexibility index (Phi) is 5.88. The average Bonchev–Trinajstić information content (AvgIpc) is 3.77. The Morgan fingerprint density at radius 2 is 1.82 bits per heavy atom. The molecule has 0 spiro atoms. The van der Waals surface area contributed by atoms with Crippen LogP contribution in [0.15, 0.2) is 48.5 Å². The van der Waals surface area contributed by atoms with Crippen LogP contribution in [-0.4, -0.2) is 31.7 Å². The molecule has 0 radical (unpaired) electrons. The van der Waals surface area contributed by atoms with E-state index < -0.39 is 5.41 Å². The molecule has 1 heterocycles. The highest BCUT2D eigenvalue weighted by molar-refractivity contribution is 5.88. The van der Waals surface area contributed by atoms with Crippen molar-refractivity contribution in [1.82, 2.24) is 5.32 Å². The second kappa shape index (κ2) is 8.97. The van der Waals surface area contributed by atoms with Crippen molar-refractivity contribution in [2.75, 3.05) is 24.6 Å². The van der Waals surface area contributed by atoms with Gasteiger partial charge in [-0.15, -0.1) is 0 Å². The van der Waals surface area contributed by atoms with Crippen LogP contribution in [0, 0.1) is 22.7 Å². The fourth-order valence-electron chi connectivity index (χ4n) is 4.27. The Bertz CT molecular complexity index is 1020. The highest BCUT2D eigenvalue weighted by Gasteiger charge is 2.50. The molecule has 2 aromatic rings. The minimum atomic E-state index is -0.796. The predicted molar refractivity (Wildman–Crippen MR) is 126 cm³/mol. The largest absolute Gasteiger partial charge is 0.493 e. The standard InChI is InChI=1S/C27H31N3O3/c1-19(29-26(31)27(18-28)13-14-27)21-4-8-24(9-5-21)33-25-12-15-30(16-25)22-6-10-23(11-7-22)32-17-20-2-3-20/h4-11,19-20,25H,2-3,12-17H2,1H3,(H,29,31)/t19-,25+/m0/s1. The van der Waals surface area contributed by atoms with Crippen LogP contribution < -0.4 is 19.7 Å². The number of amides is 1. The summed E-state index contributed by atoms with van der Waals surface area (Å²) in [5.41, 5.74) is 1.40. The van der Waals surface area contributed by atoms with Crippen molar-refractivity contribution < 1.29 is 14.3 Å². The number of nitriles is 1. The van der Waals surface area contributed by atoms with Crippen LogP contribution in [0.5, 0.6) is 11.5 Å². The van der Waals surface area contributed by atoms with Crippen LogP contribution >= 0.6 is 0 Å². The van der Waals surface area contributed by atoms with Crippen molar-refractivity contribution in [2.45, 2.75) is 51.2 Å². The topological polar surface area (TPSA) is 74.6 Å². The Balaban J connectivity index is 1.10. The van der Waals surface area contributed by atoms with Gasteiger partial charge in [0.25, 0.3) is 0 Å². The van der Waals surface area contributed by atoms with Gasteiger partial charge in [0.05, 0.1) is 25.3 Å². The summed E-state index contributed by atoms with van der Waals surface area (Å²) in [5, 5.41) is 12.2. The third-order valence-electron chi connectivity index (χ3n) is 6.96. The van der Waals surface area contributed by atoms with Crippen LogP contribution in [0.2, 0.25) is 0 Å². The van der Waals surface area contributed by atoms with E-state index in [1.54, 1.807) is 0 Å². The lowest BCUT2D eigenvalue weighted by molar-refractivity contribution is -0.125. The van der Waals surface area contributed by atoms with E-state index in [4.69, 9.17) is 9.47 Å². The number of anilines is 1. The van der Waals surface area contributed by atoms with E-state index in [-0.39, 0.29) is 18.1 Å². The maximum absolute atomic E-state index is 12.3. The summed E-state index contributed by atoms with van der Waals surface area (Å²) in [6.07, 6.45) is 5.04. The van der Waals surface area contributed by atoms with Crippen LogP contribution in [0.3, 0.4) is 0 Å². The lowest BCUT2D eigenvalue weighted by Gasteiger charge is -2.20. The fourth-order valence-corrected chi connectivity index (χ4v) is 4.27. The zero-order valence-corrected chi connectivity index (χ0v) is 19.1. The molecule has 6 nitrogen and oxygen atoms in total. The average molecular weight is 446 g/mol. The molecular weight excluding hydrogens is 414 g/mol. The summed E-state index contributed by atoms with van der Waals surface area (Å²) in [5.74, 6) is 2.38. The smallest absolute Gasteiger partial charge is 0.240 e. The van der Waals surface area contributed by atoms with Crippen molar-refractivity contribution in [1.29, 1.82) is 5.26 Å². The van der Waals surface area contributed by atoms with Crippen LogP contribution in [0.1, 0.15) is 50.6 Å². The summed E-state index contributed by atoms with van der Waals surface area (Å²) >= 11 is 0. The first-order valence-corrected chi connectivity index (χ1v) is 12.0. The molecule has 5 rings (SSSR count). The minimum Gasteiger partial charge on any atom is -0.493 e. The summed E-state index contributed by atoms with van der Waals surface area (Å²) in [7, 11) is 0. The van der Waals surface area contributed by atoms with E-state index in [1.807, 2.05) is 31.2 Å². The molecule has 2 saturated carbocycles. The number of nitrogens with one attached hydrogen (secondary N) is 1. The molecule has 1 saturated heterocycles. The van der Waals surface area contributed by atoms with Gasteiger partial charge in [0, 0.05) is 18.7 Å². The number of benzene rings is 2. The molecular formula is C27H31N3O3. The summed E-state index contributed by atoms with van der Waals surface area (Å²) in [6, 6.07) is 18.3. The molecule has 0 bridgehead atoms. The van der Waals surface area contributed by atoms with Crippen molar-refractivity contribution in [2.24, 2.45) is 11.3 Å². The summed E-state index contributed by atoms with van der Waals surface area (Å²) in [6.45, 7) is 4.60. The molecule has 6 heteroatoms. The van der Waals surface area contributed by atoms with Crippen molar-refractivity contribution in [3.8, 4) is 17.6 Å². The molecule has 2 aromatic carbocycles. The van der Waals surface area contributed by atoms with Crippen LogP contribution in [-0.2, 0) is 4.79 Å². The van der Waals surface area contributed by atoms with Crippen molar-refractivity contribution in [3.63, 3.8) is 0 Å². The molecule has 2 aliphatic carbocycles. The van der Waals surface area contributed by atoms with Crippen molar-refractivity contribution >= 4 is 11.6 Å². The number of carbonyl (C=O) groups is 1. The number of carbonyl (C=O) groups excluding carboxylic acids is 1. The van der Waals surface area contributed by atoms with Gasteiger partial charge in [0.2, 0.25) is 5.91 Å². The third-order valence-corrected chi connectivity index (χ3v) is 6.96. The van der Waals surface area contributed by atoms with Crippen LogP contribution in [0.4, 0.5) is 5.69 Å². The van der Waals surface area contributed by atoms with Gasteiger partial charge in [-0.05, 0) is 80.5 Å². The molecule has 33 heavy (non-hydrogen) atoms. The van der Waals surface area contributed by atoms with E-state index in [0.717, 1.165) is 49.1 Å². The Morgan fingerprint density at radius 3 is 2.45 bits per heavy atom. The molecule has 0 unspecified atom stereocenters. The molecule has 1 N–H and O–H groups in total. The Morgan fingerprint density at radius 1 is 1.12 bits per heavy atom. The molecule has 2 atom stereocenters. The van der Waals surface area contributed by atoms with Gasteiger partial charge in [0.1, 0.15) is 23.0 Å². The van der Waals surface area contributed by atoms with E-state index in [0.29, 0.717) is 12.8 Å². The van der Waals surface area contributed by atoms with E-state index in [1.165, 1.54) is 18.5 Å². The molecule has 3 aliphatic rings. The number of rotatable bonds is 9. The highest BCUT2D eigenvalue weighted by Crippen LogP contribution is 2.45. The van der Waals surface area contributed by atoms with E-state index in [2.05, 4.69) is 40.6 Å². The first-order valence-electron chi connectivity index (χ1n) is 12.0. The van der Waals surface area contributed by atoms with Crippen LogP contribution in [0.25, 0.3) is 0 Å². The number of hydrogen-bond acceptors (Lipinski definition) is 5. The zero-order chi connectivity index (χ0) is 22.8. The van der Waals surface area contributed by atoms with E-state index in [9.17, 15) is 10.1 Å². The monoisotopic (exact) mass is 445 g/mol. The first-order chi connectivity index (χ1) is 16.0. The quantitative estimate of drug-likeness (QED) is 0.610. The molecule has 172 valence electrons. The first kappa shape index (κ1) is 21.6. The molecule has 0 aromatic heterocycles. The number of nitrogens with zero attached hydrogens (tertiary/aromatic N) is 2. The van der Waals surface area contributed by atoms with E-state index >= 15 is 0 Å². The summed E-state index contributed by atoms with van der Waals surface area (Å²) < 4.78 is 12.1. The minimum absolute atomic E-state index is 0.143. The molecule has 1 aliphatic heterocycles. The Labute approximate surface area is 195 Å². The van der Waals surface area contributed by atoms with Gasteiger partial charge in [-0.1, -0.05) is 12.1 Å². The second-order valence-electron chi connectivity index (χ2n) is 9.68. The SMILES string of the molecule is C[C@H](NC(=O)C1(C#N)CC1)c1ccc(O[C@@H]2CCN(c3ccc(OCC4CC4)cc3)C2)cc1. The van der Waals surface area contributed by atoms with Gasteiger partial charge in [-0.25, -0.2) is 0 Å². The van der Waals surface area contributed by atoms with Gasteiger partial charge in [0.15, 0.2) is 0 Å². The lowest BCUT2D eigenvalue weighted by atomic mass is 10.1. The molecule has 1 amide bonds. The summed E-state index contributed by atoms with van der Waals surface area (Å²) in [4.78, 5) is 14.6. The van der Waals surface area contributed by atoms with Gasteiger partial charge in [-0.3, -0.25) is 4.79 Å². The Hall–Kier alpha value is -3.20. The molecule has 3 fully saturated rings. The maximum Gasteiger partial charge on any atom is 0.240 e. The second-order valence-corrected chi connectivity index (χ2v) is 9.68. The number of ether oxygens (including phenoxy) is 2. The highest BCUT2D eigenvalue weighted by atomic mass is 16.5. The fraction of sp³-hybridized carbons (Fsp3) is 0.481. The number of hydrogen-bond donors (Lipinski definition) is 1. The van der Waals surface area contributed by atoms with Gasteiger partial charge >= 0.3 is 0 Å². The normalized spacial score (nSPS) is 21.7. The predicted octanol–water partition coefficient (Wildman–Crippen LogP) is 4.61. The zero-order valence-electron chi connectivity index (χ0n) is 19.1.